The predicted molar refractivity (Wildman–Crippen MR) is 88.2 cm³/mol. The van der Waals surface area contributed by atoms with E-state index in [1.165, 1.54) is 14.2 Å². The van der Waals surface area contributed by atoms with Crippen LogP contribution in [0.15, 0.2) is 35.9 Å². The third-order valence-electron chi connectivity index (χ3n) is 4.31. The third-order valence-corrected chi connectivity index (χ3v) is 4.31. The van der Waals surface area contributed by atoms with E-state index in [9.17, 15) is 9.59 Å². The standard InChI is InChI=1S/C18H23NO5/c1-12(2)18(24-5)10-15(17(21)23-4)16(20)19(18)11-13-6-8-14(22-3)9-7-13/h6-10,12H,11H2,1-5H3. The highest BCUT2D eigenvalue weighted by molar-refractivity contribution is 6.18. The fraction of sp³-hybridized carbons (Fsp3) is 0.444. The molecule has 24 heavy (non-hydrogen) atoms. The molecule has 0 saturated heterocycles. The number of esters is 1. The van der Waals surface area contributed by atoms with Gasteiger partial charge in [0.2, 0.25) is 0 Å². The van der Waals surface area contributed by atoms with E-state index in [2.05, 4.69) is 0 Å². The first kappa shape index (κ1) is 18.0. The molecule has 130 valence electrons. The summed E-state index contributed by atoms with van der Waals surface area (Å²) in [7, 11) is 4.39. The highest BCUT2D eigenvalue weighted by atomic mass is 16.5. The summed E-state index contributed by atoms with van der Waals surface area (Å²) in [5.74, 6) is -0.360. The molecule has 0 aliphatic carbocycles. The molecule has 0 bridgehead atoms. The van der Waals surface area contributed by atoms with Gasteiger partial charge >= 0.3 is 5.97 Å². The highest BCUT2D eigenvalue weighted by Crippen LogP contribution is 2.37. The smallest absolute Gasteiger partial charge is 0.343 e. The van der Waals surface area contributed by atoms with Gasteiger partial charge in [-0.1, -0.05) is 26.0 Å². The van der Waals surface area contributed by atoms with Crippen molar-refractivity contribution in [3.8, 4) is 5.75 Å². The average Bonchev–Trinajstić information content (AvgIpc) is 2.88. The van der Waals surface area contributed by atoms with Gasteiger partial charge in [0.05, 0.1) is 14.2 Å². The molecule has 0 spiro atoms. The highest BCUT2D eigenvalue weighted by Gasteiger charge is 2.49. The van der Waals surface area contributed by atoms with E-state index < -0.39 is 17.6 Å². The summed E-state index contributed by atoms with van der Waals surface area (Å²) in [6.45, 7) is 4.19. The number of rotatable bonds is 6. The number of carbonyl (C=O) groups excluding carboxylic acids is 2. The predicted octanol–water partition coefficient (Wildman–Crippen LogP) is 2.14. The van der Waals surface area contributed by atoms with Crippen molar-refractivity contribution >= 4 is 11.9 Å². The van der Waals surface area contributed by atoms with Crippen molar-refractivity contribution < 1.29 is 23.8 Å². The fourth-order valence-electron chi connectivity index (χ4n) is 2.90. The minimum absolute atomic E-state index is 0.00145. The van der Waals surface area contributed by atoms with Crippen molar-refractivity contribution in [2.45, 2.75) is 26.1 Å². The summed E-state index contributed by atoms with van der Waals surface area (Å²) in [6.07, 6.45) is 1.56. The molecule has 1 aromatic rings. The monoisotopic (exact) mass is 333 g/mol. The molecule has 1 unspecified atom stereocenters. The Morgan fingerprint density at radius 3 is 2.25 bits per heavy atom. The number of carbonyl (C=O) groups is 2. The van der Waals surface area contributed by atoms with Crippen LogP contribution < -0.4 is 4.74 Å². The first-order chi connectivity index (χ1) is 11.4. The summed E-state index contributed by atoms with van der Waals surface area (Å²) in [5, 5.41) is 0. The number of hydrogen-bond donors (Lipinski definition) is 0. The molecular formula is C18H23NO5. The van der Waals surface area contributed by atoms with Crippen LogP contribution in [0.25, 0.3) is 0 Å². The Hall–Kier alpha value is -2.34. The van der Waals surface area contributed by atoms with Crippen LogP contribution in [0.5, 0.6) is 5.75 Å². The second-order valence-electron chi connectivity index (χ2n) is 5.90. The van der Waals surface area contributed by atoms with Crippen molar-refractivity contribution in [3.05, 3.63) is 41.5 Å². The van der Waals surface area contributed by atoms with Crippen molar-refractivity contribution in [3.63, 3.8) is 0 Å². The van der Waals surface area contributed by atoms with Gasteiger partial charge in [-0.3, -0.25) is 4.79 Å². The van der Waals surface area contributed by atoms with E-state index in [0.717, 1.165) is 11.3 Å². The first-order valence-corrected chi connectivity index (χ1v) is 7.70. The molecule has 1 atom stereocenters. The Morgan fingerprint density at radius 1 is 1.17 bits per heavy atom. The molecule has 0 aromatic heterocycles. The number of hydrogen-bond acceptors (Lipinski definition) is 5. The van der Waals surface area contributed by atoms with Gasteiger partial charge in [-0.05, 0) is 23.8 Å². The Bertz CT molecular complexity index is 650. The Morgan fingerprint density at radius 2 is 1.79 bits per heavy atom. The lowest BCUT2D eigenvalue weighted by Gasteiger charge is -2.39. The van der Waals surface area contributed by atoms with Gasteiger partial charge in [-0.2, -0.15) is 0 Å². The van der Waals surface area contributed by atoms with E-state index in [0.29, 0.717) is 6.54 Å². The van der Waals surface area contributed by atoms with Crippen LogP contribution in [-0.2, 0) is 25.6 Å². The molecule has 6 nitrogen and oxygen atoms in total. The maximum Gasteiger partial charge on any atom is 0.343 e. The largest absolute Gasteiger partial charge is 0.497 e. The molecule has 1 aromatic carbocycles. The summed E-state index contributed by atoms with van der Waals surface area (Å²) in [6, 6.07) is 7.41. The summed E-state index contributed by atoms with van der Waals surface area (Å²) in [4.78, 5) is 26.2. The van der Waals surface area contributed by atoms with Crippen molar-refractivity contribution in [2.24, 2.45) is 5.92 Å². The molecule has 0 N–H and O–H groups in total. The van der Waals surface area contributed by atoms with Crippen LogP contribution in [-0.4, -0.2) is 43.8 Å². The van der Waals surface area contributed by atoms with E-state index in [4.69, 9.17) is 14.2 Å². The van der Waals surface area contributed by atoms with E-state index >= 15 is 0 Å². The molecule has 1 amide bonds. The minimum Gasteiger partial charge on any atom is -0.497 e. The SMILES string of the molecule is COC(=O)C1=CC(OC)(C(C)C)N(Cc2ccc(OC)cc2)C1=O. The molecule has 6 heteroatoms. The van der Waals surface area contributed by atoms with Crippen molar-refractivity contribution in [2.75, 3.05) is 21.3 Å². The lowest BCUT2D eigenvalue weighted by molar-refractivity contribution is -0.158. The number of methoxy groups -OCH3 is 3. The number of amides is 1. The maximum atomic E-state index is 12.8. The Balaban J connectivity index is 2.38. The van der Waals surface area contributed by atoms with Gasteiger partial charge < -0.3 is 19.1 Å². The van der Waals surface area contributed by atoms with Crippen molar-refractivity contribution in [1.82, 2.24) is 4.90 Å². The molecule has 2 rings (SSSR count). The van der Waals surface area contributed by atoms with Crippen LogP contribution in [0.4, 0.5) is 0 Å². The lowest BCUT2D eigenvalue weighted by Crippen LogP contribution is -2.51. The van der Waals surface area contributed by atoms with Crippen LogP contribution in [0.2, 0.25) is 0 Å². The summed E-state index contributed by atoms with van der Waals surface area (Å²) >= 11 is 0. The third kappa shape index (κ3) is 3.01. The lowest BCUT2D eigenvalue weighted by atomic mass is 9.98. The Kier molecular flexibility index (Phi) is 5.29. The van der Waals surface area contributed by atoms with Crippen molar-refractivity contribution in [1.29, 1.82) is 0 Å². The average molecular weight is 333 g/mol. The van der Waals surface area contributed by atoms with Gasteiger partial charge in [0.1, 0.15) is 11.3 Å². The van der Waals surface area contributed by atoms with Gasteiger partial charge in [0.15, 0.2) is 5.72 Å². The summed E-state index contributed by atoms with van der Waals surface area (Å²) in [5.41, 5.74) is -0.0760. The second-order valence-corrected chi connectivity index (χ2v) is 5.90. The molecule has 1 aliphatic heterocycles. The first-order valence-electron chi connectivity index (χ1n) is 7.70. The quantitative estimate of drug-likeness (QED) is 0.589. The number of benzene rings is 1. The van der Waals surface area contributed by atoms with Gasteiger partial charge in [0.25, 0.3) is 5.91 Å². The fourth-order valence-corrected chi connectivity index (χ4v) is 2.90. The minimum atomic E-state index is -0.986. The number of ether oxygens (including phenoxy) is 3. The molecule has 1 heterocycles. The van der Waals surface area contributed by atoms with Crippen LogP contribution >= 0.6 is 0 Å². The van der Waals surface area contributed by atoms with E-state index in [1.807, 2.05) is 38.1 Å². The molecule has 0 fully saturated rings. The van der Waals surface area contributed by atoms with E-state index in [-0.39, 0.29) is 11.5 Å². The van der Waals surface area contributed by atoms with Gasteiger partial charge in [-0.25, -0.2) is 4.79 Å². The Labute approximate surface area is 142 Å². The normalized spacial score (nSPS) is 20.3. The van der Waals surface area contributed by atoms with Gasteiger partial charge in [-0.15, -0.1) is 0 Å². The zero-order chi connectivity index (χ0) is 17.9. The van der Waals surface area contributed by atoms with Crippen LogP contribution in [0, 0.1) is 5.92 Å². The molecular weight excluding hydrogens is 310 g/mol. The van der Waals surface area contributed by atoms with Crippen LogP contribution in [0.3, 0.4) is 0 Å². The summed E-state index contributed by atoms with van der Waals surface area (Å²) < 4.78 is 15.6. The zero-order valence-electron chi connectivity index (χ0n) is 14.7. The zero-order valence-corrected chi connectivity index (χ0v) is 14.7. The second kappa shape index (κ2) is 7.05. The molecule has 1 aliphatic rings. The molecule has 0 radical (unpaired) electrons. The maximum absolute atomic E-state index is 12.8. The van der Waals surface area contributed by atoms with Crippen LogP contribution in [0.1, 0.15) is 19.4 Å². The molecule has 0 saturated carbocycles. The topological polar surface area (TPSA) is 65.1 Å². The van der Waals surface area contributed by atoms with Gasteiger partial charge in [0, 0.05) is 19.6 Å². The number of nitrogens with zero attached hydrogens (tertiary/aromatic N) is 1. The van der Waals surface area contributed by atoms with E-state index in [1.54, 1.807) is 18.1 Å².